The fraction of sp³-hybridized carbons (Fsp3) is 0.300. The van der Waals surface area contributed by atoms with Crippen molar-refractivity contribution in [2.75, 3.05) is 19.0 Å². The zero-order valence-electron chi connectivity index (χ0n) is 15.5. The molecule has 0 bridgehead atoms. The minimum Gasteiger partial charge on any atom is -0.495 e. The number of anilines is 1. The minimum absolute atomic E-state index is 0.0433. The number of carbonyl (C=O) groups is 1. The van der Waals surface area contributed by atoms with Gasteiger partial charge >= 0.3 is 0 Å². The number of amides is 1. The van der Waals surface area contributed by atoms with Gasteiger partial charge in [-0.15, -0.1) is 0 Å². The van der Waals surface area contributed by atoms with Crippen molar-refractivity contribution in [2.24, 2.45) is 0 Å². The second-order valence-electron chi connectivity index (χ2n) is 6.06. The third kappa shape index (κ3) is 4.52. The Kier molecular flexibility index (Phi) is 6.19. The Morgan fingerprint density at radius 3 is 2.85 bits per heavy atom. The summed E-state index contributed by atoms with van der Waals surface area (Å²) in [6, 6.07) is 13.3. The Morgan fingerprint density at radius 1 is 1.26 bits per heavy atom. The third-order valence-electron chi connectivity index (χ3n) is 4.32. The average Bonchev–Trinajstić information content (AvgIpc) is 3.04. The molecule has 0 saturated heterocycles. The monoisotopic (exact) mass is 386 g/mol. The lowest BCUT2D eigenvalue weighted by Gasteiger charge is -2.12. The van der Waals surface area contributed by atoms with Crippen LogP contribution in [0.25, 0.3) is 11.0 Å². The number of rotatable bonds is 8. The van der Waals surface area contributed by atoms with Crippen LogP contribution in [0.2, 0.25) is 5.02 Å². The van der Waals surface area contributed by atoms with Crippen LogP contribution >= 0.6 is 11.6 Å². The molecule has 3 aromatic rings. The first-order valence-corrected chi connectivity index (χ1v) is 9.28. The third-order valence-corrected chi connectivity index (χ3v) is 4.56. The molecule has 0 unspecified atom stereocenters. The van der Waals surface area contributed by atoms with E-state index >= 15 is 0 Å². The molecular weight excluding hydrogens is 364 g/mol. The van der Waals surface area contributed by atoms with Gasteiger partial charge in [-0.3, -0.25) is 4.79 Å². The molecule has 27 heavy (non-hydrogen) atoms. The van der Waals surface area contributed by atoms with Gasteiger partial charge in [0.05, 0.1) is 30.4 Å². The number of nitrogens with one attached hydrogen (secondary N) is 2. The number of imidazole rings is 1. The number of hydrogen-bond donors (Lipinski definition) is 2. The van der Waals surface area contributed by atoms with Gasteiger partial charge in [-0.05, 0) is 37.3 Å². The standard InChI is InChI=1S/C20H23ClN4O2/c1-3-25-17-7-5-4-6-15(17)24-19(25)13-23-20(26)10-11-22-16-12-14(21)8-9-18(16)27-2/h4-9,12,22H,3,10-11,13H2,1-2H3,(H,23,26). The second kappa shape index (κ2) is 8.77. The van der Waals surface area contributed by atoms with E-state index in [1.165, 1.54) is 0 Å². The predicted octanol–water partition coefficient (Wildman–Crippen LogP) is 3.84. The van der Waals surface area contributed by atoms with Crippen LogP contribution < -0.4 is 15.4 Å². The summed E-state index contributed by atoms with van der Waals surface area (Å²) in [6.45, 7) is 3.76. The van der Waals surface area contributed by atoms with E-state index in [0.717, 1.165) is 29.1 Å². The SMILES string of the molecule is CCn1c(CNC(=O)CCNc2cc(Cl)ccc2OC)nc2ccccc21. The highest BCUT2D eigenvalue weighted by Gasteiger charge is 2.10. The molecule has 1 heterocycles. The number of nitrogens with zero attached hydrogens (tertiary/aromatic N) is 2. The van der Waals surface area contributed by atoms with E-state index in [0.29, 0.717) is 30.3 Å². The summed E-state index contributed by atoms with van der Waals surface area (Å²) < 4.78 is 7.40. The number of benzene rings is 2. The lowest BCUT2D eigenvalue weighted by Crippen LogP contribution is -2.26. The van der Waals surface area contributed by atoms with Crippen LogP contribution in [0.3, 0.4) is 0 Å². The molecule has 0 aliphatic carbocycles. The van der Waals surface area contributed by atoms with Crippen LogP contribution in [-0.2, 0) is 17.9 Å². The van der Waals surface area contributed by atoms with Gasteiger partial charge in [-0.1, -0.05) is 23.7 Å². The van der Waals surface area contributed by atoms with Gasteiger partial charge in [-0.2, -0.15) is 0 Å². The maximum absolute atomic E-state index is 12.2. The predicted molar refractivity (Wildman–Crippen MR) is 108 cm³/mol. The highest BCUT2D eigenvalue weighted by Crippen LogP contribution is 2.27. The highest BCUT2D eigenvalue weighted by molar-refractivity contribution is 6.30. The van der Waals surface area contributed by atoms with E-state index in [1.807, 2.05) is 24.3 Å². The molecule has 6 nitrogen and oxygen atoms in total. The summed E-state index contributed by atoms with van der Waals surface area (Å²) >= 11 is 6.01. The average molecular weight is 387 g/mol. The number of hydrogen-bond acceptors (Lipinski definition) is 4. The summed E-state index contributed by atoms with van der Waals surface area (Å²) in [4.78, 5) is 16.8. The lowest BCUT2D eigenvalue weighted by atomic mass is 10.2. The Balaban J connectivity index is 1.54. The van der Waals surface area contributed by atoms with Gasteiger partial charge in [0.15, 0.2) is 0 Å². The van der Waals surface area contributed by atoms with Crippen LogP contribution in [0.5, 0.6) is 5.75 Å². The molecule has 2 aromatic carbocycles. The number of carbonyl (C=O) groups excluding carboxylic acids is 1. The molecule has 0 radical (unpaired) electrons. The normalized spacial score (nSPS) is 10.8. The van der Waals surface area contributed by atoms with Crippen molar-refractivity contribution in [3.8, 4) is 5.75 Å². The van der Waals surface area contributed by atoms with E-state index in [9.17, 15) is 4.79 Å². The van der Waals surface area contributed by atoms with E-state index in [1.54, 1.807) is 25.3 Å². The number of para-hydroxylation sites is 2. The maximum Gasteiger partial charge on any atom is 0.222 e. The summed E-state index contributed by atoms with van der Waals surface area (Å²) in [7, 11) is 1.60. The number of aromatic nitrogens is 2. The Labute approximate surface area is 163 Å². The molecule has 1 amide bonds. The van der Waals surface area contributed by atoms with Gasteiger partial charge in [0.1, 0.15) is 11.6 Å². The number of aryl methyl sites for hydroxylation is 1. The molecule has 0 aliphatic rings. The summed E-state index contributed by atoms with van der Waals surface area (Å²) in [6.07, 6.45) is 0.335. The Hall–Kier alpha value is -2.73. The van der Waals surface area contributed by atoms with Crippen molar-refractivity contribution in [1.29, 1.82) is 0 Å². The van der Waals surface area contributed by atoms with Gasteiger partial charge in [0, 0.05) is 24.5 Å². The first-order chi connectivity index (χ1) is 13.1. The van der Waals surface area contributed by atoms with Crippen molar-refractivity contribution in [1.82, 2.24) is 14.9 Å². The van der Waals surface area contributed by atoms with E-state index in [2.05, 4.69) is 27.1 Å². The molecule has 0 aliphatic heterocycles. The van der Waals surface area contributed by atoms with Crippen LogP contribution in [0.4, 0.5) is 5.69 Å². The molecule has 7 heteroatoms. The number of halogens is 1. The van der Waals surface area contributed by atoms with Gasteiger partial charge in [-0.25, -0.2) is 4.98 Å². The Morgan fingerprint density at radius 2 is 2.07 bits per heavy atom. The van der Waals surface area contributed by atoms with Crippen molar-refractivity contribution in [3.63, 3.8) is 0 Å². The van der Waals surface area contributed by atoms with Crippen molar-refractivity contribution >= 4 is 34.2 Å². The first-order valence-electron chi connectivity index (χ1n) is 8.90. The summed E-state index contributed by atoms with van der Waals surface area (Å²) in [5.74, 6) is 1.51. The molecule has 0 fully saturated rings. The van der Waals surface area contributed by atoms with Crippen molar-refractivity contribution in [2.45, 2.75) is 26.4 Å². The van der Waals surface area contributed by atoms with Gasteiger partial charge < -0.3 is 19.9 Å². The zero-order chi connectivity index (χ0) is 19.2. The van der Waals surface area contributed by atoms with Gasteiger partial charge in [0.2, 0.25) is 5.91 Å². The zero-order valence-corrected chi connectivity index (χ0v) is 16.2. The topological polar surface area (TPSA) is 68.2 Å². The van der Waals surface area contributed by atoms with Gasteiger partial charge in [0.25, 0.3) is 0 Å². The molecule has 142 valence electrons. The van der Waals surface area contributed by atoms with E-state index in [-0.39, 0.29) is 5.91 Å². The first kappa shape index (κ1) is 19.0. The lowest BCUT2D eigenvalue weighted by molar-refractivity contribution is -0.121. The molecule has 2 N–H and O–H groups in total. The molecule has 3 rings (SSSR count). The molecule has 0 atom stereocenters. The maximum atomic E-state index is 12.2. The fourth-order valence-corrected chi connectivity index (χ4v) is 3.18. The summed E-state index contributed by atoms with van der Waals surface area (Å²) in [5, 5.41) is 6.74. The van der Waals surface area contributed by atoms with E-state index in [4.69, 9.17) is 16.3 Å². The molecule has 1 aromatic heterocycles. The second-order valence-corrected chi connectivity index (χ2v) is 6.50. The Bertz CT molecular complexity index is 939. The number of ether oxygens (including phenoxy) is 1. The highest BCUT2D eigenvalue weighted by atomic mass is 35.5. The van der Waals surface area contributed by atoms with Crippen LogP contribution in [0, 0.1) is 0 Å². The van der Waals surface area contributed by atoms with Crippen LogP contribution in [0.1, 0.15) is 19.2 Å². The van der Waals surface area contributed by atoms with Crippen molar-refractivity contribution in [3.05, 3.63) is 53.3 Å². The molecule has 0 saturated carbocycles. The van der Waals surface area contributed by atoms with Crippen molar-refractivity contribution < 1.29 is 9.53 Å². The number of methoxy groups -OCH3 is 1. The summed E-state index contributed by atoms with van der Waals surface area (Å²) in [5.41, 5.74) is 2.79. The molecular formula is C20H23ClN4O2. The smallest absolute Gasteiger partial charge is 0.222 e. The minimum atomic E-state index is -0.0433. The molecule has 0 spiro atoms. The fourth-order valence-electron chi connectivity index (χ4n) is 3.01. The quantitative estimate of drug-likeness (QED) is 0.617. The van der Waals surface area contributed by atoms with Crippen LogP contribution in [0.15, 0.2) is 42.5 Å². The van der Waals surface area contributed by atoms with Crippen LogP contribution in [-0.4, -0.2) is 29.1 Å². The largest absolute Gasteiger partial charge is 0.495 e. The van der Waals surface area contributed by atoms with E-state index < -0.39 is 0 Å². The number of fused-ring (bicyclic) bond motifs is 1.